The monoisotopic (exact) mass is 361 g/mol. The maximum Gasteiger partial charge on any atom is 0.296 e. The van der Waals surface area contributed by atoms with Gasteiger partial charge in [-0.15, -0.1) is 5.11 Å². The van der Waals surface area contributed by atoms with E-state index < -0.39 is 0 Å². The molecular weight excluding hydrogens is 349 g/mol. The van der Waals surface area contributed by atoms with Crippen molar-refractivity contribution in [3.8, 4) is 0 Å². The number of H-pyrrole nitrogens is 1. The van der Waals surface area contributed by atoms with Crippen LogP contribution in [-0.4, -0.2) is 9.78 Å². The lowest BCUT2D eigenvalue weighted by Gasteiger charge is -2.06. The van der Waals surface area contributed by atoms with E-state index in [1.807, 2.05) is 12.1 Å². The van der Waals surface area contributed by atoms with Gasteiger partial charge in [0.15, 0.2) is 11.5 Å². The molecule has 24 heavy (non-hydrogen) atoms. The lowest BCUT2D eigenvalue weighted by molar-refractivity contribution is 0.743. The van der Waals surface area contributed by atoms with Crippen LogP contribution in [0.2, 0.25) is 10.0 Å². The summed E-state index contributed by atoms with van der Waals surface area (Å²) in [5, 5.41) is 15.2. The fourth-order valence-corrected chi connectivity index (χ4v) is 2.43. The summed E-state index contributed by atoms with van der Waals surface area (Å²) in [6.45, 7) is 0. The van der Waals surface area contributed by atoms with Crippen LogP contribution in [0.4, 0.5) is 22.9 Å². The molecule has 3 aromatic rings. The van der Waals surface area contributed by atoms with Crippen molar-refractivity contribution in [3.05, 3.63) is 68.9 Å². The van der Waals surface area contributed by atoms with Gasteiger partial charge in [0, 0.05) is 12.1 Å². The molecule has 2 aromatic carbocycles. The van der Waals surface area contributed by atoms with Crippen LogP contribution in [-0.2, 0) is 7.05 Å². The lowest BCUT2D eigenvalue weighted by atomic mass is 10.3. The van der Waals surface area contributed by atoms with Crippen LogP contribution in [0, 0.1) is 0 Å². The molecule has 0 aliphatic heterocycles. The van der Waals surface area contributed by atoms with Gasteiger partial charge in [-0.2, -0.15) is 5.11 Å². The molecule has 0 spiro atoms. The molecule has 0 amide bonds. The highest BCUT2D eigenvalue weighted by Gasteiger charge is 2.13. The molecule has 0 fully saturated rings. The average molecular weight is 362 g/mol. The Kier molecular flexibility index (Phi) is 4.69. The Morgan fingerprint density at radius 3 is 2.62 bits per heavy atom. The van der Waals surface area contributed by atoms with Crippen molar-refractivity contribution in [3.63, 3.8) is 0 Å². The minimum Gasteiger partial charge on any atom is -0.337 e. The topological polar surface area (TPSA) is 74.5 Å². The maximum absolute atomic E-state index is 12.2. The number of azo groups is 1. The summed E-state index contributed by atoms with van der Waals surface area (Å²) in [7, 11) is 1.60. The number of para-hydroxylation sites is 1. The van der Waals surface area contributed by atoms with Crippen molar-refractivity contribution in [2.45, 2.75) is 0 Å². The van der Waals surface area contributed by atoms with Gasteiger partial charge in [-0.1, -0.05) is 41.4 Å². The third kappa shape index (κ3) is 3.50. The van der Waals surface area contributed by atoms with Crippen LogP contribution in [0.15, 0.2) is 63.6 Å². The van der Waals surface area contributed by atoms with Gasteiger partial charge in [0.25, 0.3) is 5.56 Å². The van der Waals surface area contributed by atoms with Crippen LogP contribution in [0.5, 0.6) is 0 Å². The molecule has 0 atom stereocenters. The van der Waals surface area contributed by atoms with E-state index in [-0.39, 0.29) is 11.2 Å². The predicted octanol–water partition coefficient (Wildman–Crippen LogP) is 5.18. The van der Waals surface area contributed by atoms with Crippen LogP contribution in [0.3, 0.4) is 0 Å². The van der Waals surface area contributed by atoms with Crippen LogP contribution in [0.1, 0.15) is 0 Å². The summed E-state index contributed by atoms with van der Waals surface area (Å²) in [4.78, 5) is 12.2. The molecule has 3 rings (SSSR count). The second-order valence-corrected chi connectivity index (χ2v) is 5.83. The molecule has 1 aromatic heterocycles. The zero-order chi connectivity index (χ0) is 17.1. The van der Waals surface area contributed by atoms with Crippen molar-refractivity contribution in [2.75, 3.05) is 5.32 Å². The lowest BCUT2D eigenvalue weighted by Crippen LogP contribution is -2.10. The Bertz CT molecular complexity index is 961. The van der Waals surface area contributed by atoms with E-state index in [4.69, 9.17) is 23.2 Å². The fourth-order valence-electron chi connectivity index (χ4n) is 2.06. The Balaban J connectivity index is 1.96. The second kappa shape index (κ2) is 6.90. The number of aromatic nitrogens is 2. The molecule has 0 aliphatic carbocycles. The van der Waals surface area contributed by atoms with E-state index >= 15 is 0 Å². The van der Waals surface area contributed by atoms with Crippen molar-refractivity contribution in [1.29, 1.82) is 0 Å². The van der Waals surface area contributed by atoms with Crippen molar-refractivity contribution >= 4 is 46.1 Å². The smallest absolute Gasteiger partial charge is 0.296 e. The number of rotatable bonds is 4. The molecule has 2 N–H and O–H groups in total. The summed E-state index contributed by atoms with van der Waals surface area (Å²) in [6, 6.07) is 14.1. The number of hydrogen-bond donors (Lipinski definition) is 2. The molecule has 0 bridgehead atoms. The van der Waals surface area contributed by atoms with Crippen molar-refractivity contribution < 1.29 is 0 Å². The third-order valence-electron chi connectivity index (χ3n) is 3.23. The average Bonchev–Trinajstić information content (AvgIpc) is 2.82. The van der Waals surface area contributed by atoms with Crippen LogP contribution >= 0.6 is 23.2 Å². The highest BCUT2D eigenvalue weighted by molar-refractivity contribution is 6.33. The summed E-state index contributed by atoms with van der Waals surface area (Å²) < 4.78 is 1.31. The van der Waals surface area contributed by atoms with E-state index in [1.165, 1.54) is 4.68 Å². The predicted molar refractivity (Wildman–Crippen MR) is 96.4 cm³/mol. The van der Waals surface area contributed by atoms with Crippen molar-refractivity contribution in [2.24, 2.45) is 17.3 Å². The minimum absolute atomic E-state index is 0.150. The fraction of sp³-hybridized carbons (Fsp3) is 0.0625. The SMILES string of the molecule is Cn1[nH]c(Nc2ccccc2Cl)c(N=Nc2cccc(Cl)c2)c1=O. The van der Waals surface area contributed by atoms with Crippen LogP contribution < -0.4 is 10.9 Å². The van der Waals surface area contributed by atoms with E-state index in [1.54, 1.807) is 43.4 Å². The maximum atomic E-state index is 12.2. The molecule has 0 saturated carbocycles. The molecule has 1 heterocycles. The highest BCUT2D eigenvalue weighted by Crippen LogP contribution is 2.29. The number of nitrogens with zero attached hydrogens (tertiary/aromatic N) is 3. The summed E-state index contributed by atoms with van der Waals surface area (Å²) in [5.74, 6) is 0.404. The Morgan fingerprint density at radius 2 is 1.88 bits per heavy atom. The zero-order valence-electron chi connectivity index (χ0n) is 12.6. The normalized spacial score (nSPS) is 11.1. The number of anilines is 2. The van der Waals surface area contributed by atoms with Gasteiger partial charge >= 0.3 is 0 Å². The van der Waals surface area contributed by atoms with E-state index in [2.05, 4.69) is 20.6 Å². The van der Waals surface area contributed by atoms with E-state index in [0.29, 0.717) is 27.2 Å². The number of aryl methyl sites for hydroxylation is 1. The Morgan fingerprint density at radius 1 is 1.08 bits per heavy atom. The molecular formula is C16H13Cl2N5O. The first kappa shape index (κ1) is 16.3. The number of nitrogens with one attached hydrogen (secondary N) is 2. The van der Waals surface area contributed by atoms with Gasteiger partial charge < -0.3 is 5.32 Å². The Hall–Kier alpha value is -2.57. The van der Waals surface area contributed by atoms with Gasteiger partial charge in [0.2, 0.25) is 0 Å². The summed E-state index contributed by atoms with van der Waals surface area (Å²) in [6.07, 6.45) is 0. The van der Waals surface area contributed by atoms with Gasteiger partial charge in [-0.3, -0.25) is 14.6 Å². The van der Waals surface area contributed by atoms with Crippen molar-refractivity contribution in [1.82, 2.24) is 9.78 Å². The molecule has 122 valence electrons. The number of halogens is 2. The highest BCUT2D eigenvalue weighted by atomic mass is 35.5. The summed E-state index contributed by atoms with van der Waals surface area (Å²) in [5.41, 5.74) is 1.04. The molecule has 0 radical (unpaired) electrons. The first-order valence-corrected chi connectivity index (χ1v) is 7.78. The minimum atomic E-state index is -0.310. The number of hydrogen-bond acceptors (Lipinski definition) is 4. The standard InChI is InChI=1S/C16H13Cl2N5O/c1-23-16(24)14(21-20-11-6-4-5-10(17)9-11)15(22-23)19-13-8-3-2-7-12(13)18/h2-9,19,22H,1H3. The summed E-state index contributed by atoms with van der Waals surface area (Å²) >= 11 is 12.1. The van der Waals surface area contributed by atoms with Gasteiger partial charge in [0.05, 0.1) is 16.4 Å². The Labute approximate surface area is 147 Å². The molecule has 0 aliphatic rings. The molecule has 0 saturated heterocycles. The quantitative estimate of drug-likeness (QED) is 0.628. The van der Waals surface area contributed by atoms with Gasteiger partial charge in [-0.05, 0) is 30.3 Å². The zero-order valence-corrected chi connectivity index (χ0v) is 14.1. The van der Waals surface area contributed by atoms with E-state index in [0.717, 1.165) is 0 Å². The van der Waals surface area contributed by atoms with Crippen LogP contribution in [0.25, 0.3) is 0 Å². The molecule has 6 nitrogen and oxygen atoms in total. The number of aromatic amines is 1. The second-order valence-electron chi connectivity index (χ2n) is 4.98. The molecule has 0 unspecified atom stereocenters. The number of benzene rings is 2. The first-order valence-electron chi connectivity index (χ1n) is 7.02. The largest absolute Gasteiger partial charge is 0.337 e. The third-order valence-corrected chi connectivity index (χ3v) is 3.80. The molecule has 8 heteroatoms. The van der Waals surface area contributed by atoms with Gasteiger partial charge in [0.1, 0.15) is 0 Å². The van der Waals surface area contributed by atoms with Gasteiger partial charge in [-0.25, -0.2) is 0 Å². The first-order chi connectivity index (χ1) is 11.5. The van der Waals surface area contributed by atoms with E-state index in [9.17, 15) is 4.79 Å².